The Kier molecular flexibility index (Phi) is 4.55. The lowest BCUT2D eigenvalue weighted by Gasteiger charge is -2.09. The summed E-state index contributed by atoms with van der Waals surface area (Å²) in [5.74, 6) is 0.462. The maximum absolute atomic E-state index is 13.0. The van der Waals surface area contributed by atoms with E-state index in [1.165, 1.54) is 12.1 Å². The molecular formula is C17H14Cl2FN3. The summed E-state index contributed by atoms with van der Waals surface area (Å²) < 4.78 is 14.9. The van der Waals surface area contributed by atoms with Crippen LogP contribution in [0.4, 0.5) is 10.3 Å². The maximum atomic E-state index is 13.0. The SMILES string of the molecule is Cn1c(-c2ccc(F)cc2)cnc1NCc1ccc(Cl)c(Cl)c1. The molecule has 0 unspecified atom stereocenters. The van der Waals surface area contributed by atoms with Crippen molar-refractivity contribution in [2.45, 2.75) is 6.54 Å². The molecule has 2 aromatic carbocycles. The van der Waals surface area contributed by atoms with Crippen LogP contribution >= 0.6 is 23.2 Å². The monoisotopic (exact) mass is 349 g/mol. The van der Waals surface area contributed by atoms with Crippen LogP contribution in [0.15, 0.2) is 48.7 Å². The Balaban J connectivity index is 1.76. The largest absolute Gasteiger partial charge is 0.352 e. The molecule has 0 aliphatic heterocycles. The number of anilines is 1. The summed E-state index contributed by atoms with van der Waals surface area (Å²) in [4.78, 5) is 4.37. The lowest BCUT2D eigenvalue weighted by atomic mass is 10.2. The zero-order valence-electron chi connectivity index (χ0n) is 12.4. The Labute approximate surface area is 143 Å². The topological polar surface area (TPSA) is 29.9 Å². The molecule has 3 aromatic rings. The number of benzene rings is 2. The average Bonchev–Trinajstić information content (AvgIpc) is 2.90. The Morgan fingerprint density at radius 2 is 1.83 bits per heavy atom. The molecule has 6 heteroatoms. The fraction of sp³-hybridized carbons (Fsp3) is 0.118. The van der Waals surface area contributed by atoms with Crippen molar-refractivity contribution in [2.75, 3.05) is 5.32 Å². The molecule has 23 heavy (non-hydrogen) atoms. The second-order valence-corrected chi connectivity index (χ2v) is 5.95. The van der Waals surface area contributed by atoms with Crippen LogP contribution in [-0.4, -0.2) is 9.55 Å². The van der Waals surface area contributed by atoms with Gasteiger partial charge in [-0.05, 0) is 42.0 Å². The zero-order chi connectivity index (χ0) is 16.4. The van der Waals surface area contributed by atoms with Crippen molar-refractivity contribution in [2.24, 2.45) is 7.05 Å². The molecule has 0 spiro atoms. The molecule has 0 aliphatic carbocycles. The number of imidazole rings is 1. The van der Waals surface area contributed by atoms with Gasteiger partial charge in [0.25, 0.3) is 0 Å². The van der Waals surface area contributed by atoms with E-state index in [0.717, 1.165) is 22.8 Å². The normalized spacial score (nSPS) is 10.8. The fourth-order valence-corrected chi connectivity index (χ4v) is 2.61. The molecular weight excluding hydrogens is 336 g/mol. The highest BCUT2D eigenvalue weighted by molar-refractivity contribution is 6.42. The fourth-order valence-electron chi connectivity index (χ4n) is 2.29. The highest BCUT2D eigenvalue weighted by Crippen LogP contribution is 2.24. The van der Waals surface area contributed by atoms with E-state index < -0.39 is 0 Å². The van der Waals surface area contributed by atoms with Gasteiger partial charge in [-0.3, -0.25) is 0 Å². The molecule has 118 valence electrons. The van der Waals surface area contributed by atoms with Crippen LogP contribution in [0, 0.1) is 5.82 Å². The summed E-state index contributed by atoms with van der Waals surface area (Å²) in [6.45, 7) is 0.574. The predicted octanol–water partition coefficient (Wildman–Crippen LogP) is 5.15. The molecule has 0 saturated carbocycles. The minimum absolute atomic E-state index is 0.256. The highest BCUT2D eigenvalue weighted by atomic mass is 35.5. The van der Waals surface area contributed by atoms with E-state index in [9.17, 15) is 4.39 Å². The van der Waals surface area contributed by atoms with Gasteiger partial charge in [0.2, 0.25) is 5.95 Å². The van der Waals surface area contributed by atoms with E-state index in [0.29, 0.717) is 16.6 Å². The number of hydrogen-bond donors (Lipinski definition) is 1. The zero-order valence-corrected chi connectivity index (χ0v) is 13.9. The standard InChI is InChI=1S/C17H14Cl2FN3/c1-23-16(12-3-5-13(20)6-4-12)10-22-17(23)21-9-11-2-7-14(18)15(19)8-11/h2-8,10H,9H2,1H3,(H,21,22). The first-order chi connectivity index (χ1) is 11.0. The summed E-state index contributed by atoms with van der Waals surface area (Å²) in [5.41, 5.74) is 2.82. The van der Waals surface area contributed by atoms with Gasteiger partial charge >= 0.3 is 0 Å². The molecule has 0 bridgehead atoms. The number of aromatic nitrogens is 2. The minimum Gasteiger partial charge on any atom is -0.352 e. The van der Waals surface area contributed by atoms with Gasteiger partial charge in [0.05, 0.1) is 21.9 Å². The van der Waals surface area contributed by atoms with Gasteiger partial charge in [-0.2, -0.15) is 0 Å². The number of hydrogen-bond acceptors (Lipinski definition) is 2. The second kappa shape index (κ2) is 6.60. The van der Waals surface area contributed by atoms with Crippen molar-refractivity contribution < 1.29 is 4.39 Å². The predicted molar refractivity (Wildman–Crippen MR) is 92.4 cm³/mol. The summed E-state index contributed by atoms with van der Waals surface area (Å²) in [6, 6.07) is 11.8. The molecule has 0 saturated heterocycles. The van der Waals surface area contributed by atoms with E-state index in [4.69, 9.17) is 23.2 Å². The van der Waals surface area contributed by atoms with Gasteiger partial charge in [-0.1, -0.05) is 29.3 Å². The van der Waals surface area contributed by atoms with Crippen LogP contribution in [0.3, 0.4) is 0 Å². The summed E-state index contributed by atoms with van der Waals surface area (Å²) in [6.07, 6.45) is 1.75. The second-order valence-electron chi connectivity index (χ2n) is 5.13. The Hall–Kier alpha value is -2.04. The van der Waals surface area contributed by atoms with Crippen molar-refractivity contribution in [1.29, 1.82) is 0 Å². The lowest BCUT2D eigenvalue weighted by molar-refractivity contribution is 0.628. The number of nitrogens with one attached hydrogen (secondary N) is 1. The molecule has 3 nitrogen and oxygen atoms in total. The van der Waals surface area contributed by atoms with Gasteiger partial charge in [0, 0.05) is 19.2 Å². The van der Waals surface area contributed by atoms with E-state index in [1.54, 1.807) is 24.4 Å². The third kappa shape index (κ3) is 3.49. The van der Waals surface area contributed by atoms with E-state index in [-0.39, 0.29) is 5.82 Å². The van der Waals surface area contributed by atoms with Crippen LogP contribution in [0.25, 0.3) is 11.3 Å². The van der Waals surface area contributed by atoms with Crippen LogP contribution < -0.4 is 5.32 Å². The lowest BCUT2D eigenvalue weighted by Crippen LogP contribution is -2.05. The van der Waals surface area contributed by atoms with Crippen LogP contribution in [-0.2, 0) is 13.6 Å². The first kappa shape index (κ1) is 15.8. The first-order valence-electron chi connectivity index (χ1n) is 7.00. The van der Waals surface area contributed by atoms with Gasteiger partial charge in [0.15, 0.2) is 0 Å². The van der Waals surface area contributed by atoms with Gasteiger partial charge in [-0.15, -0.1) is 0 Å². The molecule has 3 rings (SSSR count). The number of nitrogens with zero attached hydrogens (tertiary/aromatic N) is 2. The summed E-state index contributed by atoms with van der Waals surface area (Å²) in [7, 11) is 1.91. The quantitative estimate of drug-likeness (QED) is 0.706. The molecule has 1 N–H and O–H groups in total. The van der Waals surface area contributed by atoms with Crippen molar-refractivity contribution in [1.82, 2.24) is 9.55 Å². The third-order valence-corrected chi connectivity index (χ3v) is 4.30. The van der Waals surface area contributed by atoms with Gasteiger partial charge in [0.1, 0.15) is 5.82 Å². The van der Waals surface area contributed by atoms with Crippen LogP contribution in [0.2, 0.25) is 10.0 Å². The molecule has 0 fully saturated rings. The van der Waals surface area contributed by atoms with Crippen molar-refractivity contribution in [3.05, 3.63) is 70.1 Å². The molecule has 0 radical (unpaired) electrons. The first-order valence-corrected chi connectivity index (χ1v) is 7.75. The van der Waals surface area contributed by atoms with E-state index in [2.05, 4.69) is 10.3 Å². The number of halogens is 3. The van der Waals surface area contributed by atoms with Gasteiger partial charge < -0.3 is 9.88 Å². The Bertz CT molecular complexity index is 828. The molecule has 0 amide bonds. The van der Waals surface area contributed by atoms with Crippen molar-refractivity contribution in [3.8, 4) is 11.3 Å². The molecule has 0 aliphatic rings. The van der Waals surface area contributed by atoms with Crippen molar-refractivity contribution >= 4 is 29.2 Å². The van der Waals surface area contributed by atoms with Crippen molar-refractivity contribution in [3.63, 3.8) is 0 Å². The van der Waals surface area contributed by atoms with E-state index in [1.807, 2.05) is 23.7 Å². The summed E-state index contributed by atoms with van der Waals surface area (Å²) in [5, 5.41) is 4.31. The molecule has 1 aromatic heterocycles. The third-order valence-electron chi connectivity index (χ3n) is 3.56. The summed E-state index contributed by atoms with van der Waals surface area (Å²) >= 11 is 11.9. The van der Waals surface area contributed by atoms with Crippen LogP contribution in [0.1, 0.15) is 5.56 Å². The Morgan fingerprint density at radius 3 is 2.52 bits per heavy atom. The minimum atomic E-state index is -0.256. The van der Waals surface area contributed by atoms with Crippen LogP contribution in [0.5, 0.6) is 0 Å². The van der Waals surface area contributed by atoms with Gasteiger partial charge in [-0.25, -0.2) is 9.37 Å². The number of rotatable bonds is 4. The average molecular weight is 350 g/mol. The maximum Gasteiger partial charge on any atom is 0.203 e. The highest BCUT2D eigenvalue weighted by Gasteiger charge is 2.09. The smallest absolute Gasteiger partial charge is 0.203 e. The Morgan fingerprint density at radius 1 is 1.09 bits per heavy atom. The molecule has 0 atom stereocenters. The van der Waals surface area contributed by atoms with E-state index >= 15 is 0 Å². The molecule has 1 heterocycles.